The highest BCUT2D eigenvalue weighted by Gasteiger charge is 2.38. The number of benzene rings is 3. The minimum atomic E-state index is -0.0504. The van der Waals surface area contributed by atoms with Crippen molar-refractivity contribution in [3.8, 4) is 11.5 Å². The number of nitrogens with zero attached hydrogens (tertiary/aromatic N) is 1. The molecular formula is C25H27NO2. The predicted molar refractivity (Wildman–Crippen MR) is 113 cm³/mol. The molecule has 0 aromatic heterocycles. The van der Waals surface area contributed by atoms with Crippen molar-refractivity contribution >= 4 is 0 Å². The standard InChI is InChI=1S/C25H27NO2/c1-25(19-28-24-15-22(27-2)13-14-23(24)25)18-26(16-20-9-5-3-6-10-20)17-21-11-7-4-8-12-21/h3-15H,16-19H2,1-2H3/t25-/m0/s1. The molecule has 0 aliphatic carbocycles. The van der Waals surface area contributed by atoms with Gasteiger partial charge in [-0.05, 0) is 17.2 Å². The average Bonchev–Trinajstić information content (AvgIpc) is 3.05. The number of fused-ring (bicyclic) bond motifs is 1. The summed E-state index contributed by atoms with van der Waals surface area (Å²) in [5, 5.41) is 0. The Balaban J connectivity index is 1.59. The Bertz CT molecular complexity index is 869. The normalized spacial score (nSPS) is 18.0. The summed E-state index contributed by atoms with van der Waals surface area (Å²) in [5.41, 5.74) is 3.87. The first-order valence-corrected chi connectivity index (χ1v) is 9.78. The Kier molecular flexibility index (Phi) is 5.36. The molecule has 3 aromatic rings. The third kappa shape index (κ3) is 4.05. The highest BCUT2D eigenvalue weighted by atomic mass is 16.5. The summed E-state index contributed by atoms with van der Waals surface area (Å²) in [6.45, 7) is 5.74. The molecule has 0 N–H and O–H groups in total. The van der Waals surface area contributed by atoms with Gasteiger partial charge in [0.05, 0.1) is 13.7 Å². The lowest BCUT2D eigenvalue weighted by Crippen LogP contribution is -2.39. The third-order valence-corrected chi connectivity index (χ3v) is 5.46. The second-order valence-corrected chi connectivity index (χ2v) is 7.83. The zero-order chi connectivity index (χ0) is 19.4. The minimum Gasteiger partial charge on any atom is -0.497 e. The molecule has 1 atom stereocenters. The smallest absolute Gasteiger partial charge is 0.126 e. The van der Waals surface area contributed by atoms with E-state index >= 15 is 0 Å². The van der Waals surface area contributed by atoms with Crippen LogP contribution in [0.2, 0.25) is 0 Å². The minimum absolute atomic E-state index is 0.0504. The van der Waals surface area contributed by atoms with Gasteiger partial charge in [0.15, 0.2) is 0 Å². The molecule has 0 spiro atoms. The lowest BCUT2D eigenvalue weighted by Gasteiger charge is -2.32. The Morgan fingerprint density at radius 3 is 2.07 bits per heavy atom. The maximum absolute atomic E-state index is 6.05. The van der Waals surface area contributed by atoms with Gasteiger partial charge in [0.2, 0.25) is 0 Å². The summed E-state index contributed by atoms with van der Waals surface area (Å²) < 4.78 is 11.4. The molecule has 0 amide bonds. The summed E-state index contributed by atoms with van der Waals surface area (Å²) in [6, 6.07) is 27.6. The summed E-state index contributed by atoms with van der Waals surface area (Å²) in [5.74, 6) is 1.79. The van der Waals surface area contributed by atoms with E-state index in [9.17, 15) is 0 Å². The topological polar surface area (TPSA) is 21.7 Å². The van der Waals surface area contributed by atoms with Crippen LogP contribution in [0, 0.1) is 0 Å². The predicted octanol–water partition coefficient (Wildman–Crippen LogP) is 5.05. The van der Waals surface area contributed by atoms with E-state index in [0.717, 1.165) is 31.1 Å². The molecule has 0 bridgehead atoms. The van der Waals surface area contributed by atoms with Crippen LogP contribution in [0.4, 0.5) is 0 Å². The zero-order valence-electron chi connectivity index (χ0n) is 16.6. The summed E-state index contributed by atoms with van der Waals surface area (Å²) >= 11 is 0. The van der Waals surface area contributed by atoms with Gasteiger partial charge >= 0.3 is 0 Å². The van der Waals surface area contributed by atoms with Crippen LogP contribution >= 0.6 is 0 Å². The van der Waals surface area contributed by atoms with E-state index in [4.69, 9.17) is 9.47 Å². The van der Waals surface area contributed by atoms with Gasteiger partial charge in [0.1, 0.15) is 11.5 Å². The first-order chi connectivity index (χ1) is 13.7. The third-order valence-electron chi connectivity index (χ3n) is 5.46. The van der Waals surface area contributed by atoms with Crippen LogP contribution in [-0.4, -0.2) is 25.2 Å². The van der Waals surface area contributed by atoms with Crippen molar-refractivity contribution in [1.29, 1.82) is 0 Å². The first-order valence-electron chi connectivity index (χ1n) is 9.78. The Morgan fingerprint density at radius 2 is 1.50 bits per heavy atom. The van der Waals surface area contributed by atoms with Crippen LogP contribution in [0.1, 0.15) is 23.6 Å². The van der Waals surface area contributed by atoms with Gasteiger partial charge in [-0.1, -0.05) is 73.7 Å². The Labute approximate surface area is 167 Å². The fourth-order valence-corrected chi connectivity index (χ4v) is 4.04. The van der Waals surface area contributed by atoms with Crippen LogP contribution < -0.4 is 9.47 Å². The fraction of sp³-hybridized carbons (Fsp3) is 0.280. The molecule has 3 heteroatoms. The van der Waals surface area contributed by atoms with Crippen molar-refractivity contribution in [2.75, 3.05) is 20.3 Å². The number of hydrogen-bond donors (Lipinski definition) is 0. The molecule has 144 valence electrons. The average molecular weight is 373 g/mol. The second-order valence-electron chi connectivity index (χ2n) is 7.83. The van der Waals surface area contributed by atoms with Gasteiger partial charge in [-0.3, -0.25) is 4.90 Å². The molecule has 3 aromatic carbocycles. The summed E-state index contributed by atoms with van der Waals surface area (Å²) in [4.78, 5) is 2.52. The van der Waals surface area contributed by atoms with Crippen molar-refractivity contribution in [3.63, 3.8) is 0 Å². The molecule has 0 radical (unpaired) electrons. The maximum Gasteiger partial charge on any atom is 0.126 e. The lowest BCUT2D eigenvalue weighted by molar-refractivity contribution is 0.172. The number of methoxy groups -OCH3 is 1. The molecule has 4 rings (SSSR count). The van der Waals surface area contributed by atoms with Crippen LogP contribution in [0.15, 0.2) is 78.9 Å². The lowest BCUT2D eigenvalue weighted by atomic mass is 9.83. The van der Waals surface area contributed by atoms with E-state index in [2.05, 4.69) is 78.6 Å². The molecule has 1 aliphatic heterocycles. The quantitative estimate of drug-likeness (QED) is 0.579. The highest BCUT2D eigenvalue weighted by molar-refractivity contribution is 5.48. The maximum atomic E-state index is 6.05. The highest BCUT2D eigenvalue weighted by Crippen LogP contribution is 2.41. The van der Waals surface area contributed by atoms with Crippen LogP contribution in [-0.2, 0) is 18.5 Å². The van der Waals surface area contributed by atoms with Crippen molar-refractivity contribution in [2.24, 2.45) is 0 Å². The van der Waals surface area contributed by atoms with Crippen LogP contribution in [0.5, 0.6) is 11.5 Å². The van der Waals surface area contributed by atoms with Gasteiger partial charge in [0, 0.05) is 36.7 Å². The van der Waals surface area contributed by atoms with Crippen molar-refractivity contribution < 1.29 is 9.47 Å². The number of rotatable bonds is 7. The SMILES string of the molecule is COc1ccc2c(c1)OC[C@]2(C)CN(Cc1ccccc1)Cc1ccccc1. The van der Waals surface area contributed by atoms with Crippen molar-refractivity contribution in [3.05, 3.63) is 95.6 Å². The Hall–Kier alpha value is -2.78. The van der Waals surface area contributed by atoms with Crippen LogP contribution in [0.3, 0.4) is 0 Å². The molecule has 0 saturated heterocycles. The molecular weight excluding hydrogens is 346 g/mol. The largest absolute Gasteiger partial charge is 0.497 e. The van der Waals surface area contributed by atoms with E-state index in [1.165, 1.54) is 16.7 Å². The van der Waals surface area contributed by atoms with Crippen molar-refractivity contribution in [1.82, 2.24) is 4.90 Å². The molecule has 1 heterocycles. The summed E-state index contributed by atoms with van der Waals surface area (Å²) in [6.07, 6.45) is 0. The number of ether oxygens (including phenoxy) is 2. The molecule has 1 aliphatic rings. The molecule has 0 unspecified atom stereocenters. The van der Waals surface area contributed by atoms with Gasteiger partial charge in [-0.2, -0.15) is 0 Å². The first kappa shape index (κ1) is 18.6. The number of hydrogen-bond acceptors (Lipinski definition) is 3. The van der Waals surface area contributed by atoms with E-state index in [0.29, 0.717) is 6.61 Å². The van der Waals surface area contributed by atoms with E-state index in [1.807, 2.05) is 12.1 Å². The zero-order valence-corrected chi connectivity index (χ0v) is 16.6. The Morgan fingerprint density at radius 1 is 0.893 bits per heavy atom. The van der Waals surface area contributed by atoms with E-state index < -0.39 is 0 Å². The molecule has 3 nitrogen and oxygen atoms in total. The van der Waals surface area contributed by atoms with Gasteiger partial charge in [-0.25, -0.2) is 0 Å². The monoisotopic (exact) mass is 373 g/mol. The van der Waals surface area contributed by atoms with Gasteiger partial charge < -0.3 is 9.47 Å². The van der Waals surface area contributed by atoms with Crippen LogP contribution in [0.25, 0.3) is 0 Å². The summed E-state index contributed by atoms with van der Waals surface area (Å²) in [7, 11) is 1.69. The fourth-order valence-electron chi connectivity index (χ4n) is 4.04. The second kappa shape index (κ2) is 8.07. The van der Waals surface area contributed by atoms with Crippen molar-refractivity contribution in [2.45, 2.75) is 25.4 Å². The van der Waals surface area contributed by atoms with Gasteiger partial charge in [-0.15, -0.1) is 0 Å². The molecule has 28 heavy (non-hydrogen) atoms. The molecule has 0 fully saturated rings. The van der Waals surface area contributed by atoms with E-state index in [1.54, 1.807) is 7.11 Å². The van der Waals surface area contributed by atoms with Gasteiger partial charge in [0.25, 0.3) is 0 Å². The molecule has 0 saturated carbocycles. The van der Waals surface area contributed by atoms with E-state index in [-0.39, 0.29) is 5.41 Å².